The molecule has 0 saturated heterocycles. The lowest BCUT2D eigenvalue weighted by atomic mass is 10.0. The highest BCUT2D eigenvalue weighted by Crippen LogP contribution is 2.52. The molecule has 0 aliphatic heterocycles. The molecule has 1 fully saturated rings. The first-order valence-electron chi connectivity index (χ1n) is 8.48. The minimum atomic E-state index is -0.342. The average molecular weight is 408 g/mol. The number of nitrogens with zero attached hydrogens (tertiary/aromatic N) is 1. The first-order valence-corrected chi connectivity index (χ1v) is 9.27. The minimum absolute atomic E-state index is 0.0568. The maximum Gasteiger partial charge on any atom is 0.308 e. The summed E-state index contributed by atoms with van der Waals surface area (Å²) in [5, 5.41) is 0.891. The number of fused-ring (bicyclic) bond motifs is 1. The van der Waals surface area contributed by atoms with Crippen LogP contribution in [0.1, 0.15) is 38.8 Å². The molecule has 2 aromatic rings. The average Bonchev–Trinajstić information content (AvgIpc) is 3.24. The number of aromatic nitrogens is 1. The smallest absolute Gasteiger partial charge is 0.308 e. The van der Waals surface area contributed by atoms with E-state index < -0.39 is 0 Å². The lowest BCUT2D eigenvalue weighted by molar-refractivity contribution is -0.144. The van der Waals surface area contributed by atoms with Crippen LogP contribution in [0.2, 0.25) is 0 Å². The molecule has 0 radical (unpaired) electrons. The summed E-state index contributed by atoms with van der Waals surface area (Å²) < 4.78 is 13.7. The lowest BCUT2D eigenvalue weighted by Crippen LogP contribution is -2.18. The molecule has 1 aliphatic carbocycles. The molecule has 0 atom stereocenters. The van der Waals surface area contributed by atoms with E-state index in [1.54, 1.807) is 0 Å². The summed E-state index contributed by atoms with van der Waals surface area (Å²) in [5.41, 5.74) is 1.84. The van der Waals surface area contributed by atoms with E-state index in [0.717, 1.165) is 33.9 Å². The highest BCUT2D eigenvalue weighted by Gasteiger charge is 2.45. The highest BCUT2D eigenvalue weighted by atomic mass is 79.9. The molecule has 0 spiro atoms. The molecule has 0 bridgehead atoms. The second-order valence-corrected chi connectivity index (χ2v) is 7.56. The van der Waals surface area contributed by atoms with Gasteiger partial charge in [0.25, 0.3) is 0 Å². The van der Waals surface area contributed by atoms with Crippen LogP contribution in [0.5, 0.6) is 5.75 Å². The van der Waals surface area contributed by atoms with Crippen LogP contribution in [-0.2, 0) is 20.9 Å². The Morgan fingerprint density at radius 2 is 2.04 bits per heavy atom. The van der Waals surface area contributed by atoms with Gasteiger partial charge in [0.1, 0.15) is 0 Å². The first kappa shape index (κ1) is 18.0. The molecule has 0 unspecified atom stereocenters. The molecular weight excluding hydrogens is 386 g/mol. The summed E-state index contributed by atoms with van der Waals surface area (Å²) in [4.78, 5) is 23.5. The van der Waals surface area contributed by atoms with Gasteiger partial charge >= 0.3 is 11.9 Å². The Kier molecular flexibility index (Phi) is 4.91. The summed E-state index contributed by atoms with van der Waals surface area (Å²) in [7, 11) is 0. The number of benzene rings is 1. The Balaban J connectivity index is 1.99. The Morgan fingerprint density at radius 1 is 1.32 bits per heavy atom. The summed E-state index contributed by atoms with van der Waals surface area (Å²) in [6.07, 6.45) is 2.43. The van der Waals surface area contributed by atoms with Crippen LogP contribution in [0.25, 0.3) is 10.9 Å². The molecular formula is C19H22BrNO4. The van der Waals surface area contributed by atoms with Crippen LogP contribution in [-0.4, -0.2) is 23.1 Å². The van der Waals surface area contributed by atoms with Crippen molar-refractivity contribution in [1.82, 2.24) is 4.57 Å². The van der Waals surface area contributed by atoms with Gasteiger partial charge in [0.2, 0.25) is 0 Å². The van der Waals surface area contributed by atoms with Crippen LogP contribution < -0.4 is 4.74 Å². The molecule has 1 aromatic carbocycles. The van der Waals surface area contributed by atoms with E-state index in [1.165, 1.54) is 6.92 Å². The van der Waals surface area contributed by atoms with Crippen LogP contribution in [0.3, 0.4) is 0 Å². The SMILES string of the molecule is CCOC(=O)CC1(Cn2c(C)c(OC(C)=O)c3c(Br)cccc32)CC1. The number of ether oxygens (including phenoxy) is 2. The van der Waals surface area contributed by atoms with Gasteiger partial charge < -0.3 is 14.0 Å². The van der Waals surface area contributed by atoms with E-state index in [0.29, 0.717) is 25.3 Å². The van der Waals surface area contributed by atoms with Crippen molar-refractivity contribution >= 4 is 38.8 Å². The third-order valence-electron chi connectivity index (χ3n) is 4.76. The Morgan fingerprint density at radius 3 is 2.64 bits per heavy atom. The number of hydrogen-bond acceptors (Lipinski definition) is 4. The number of esters is 2. The van der Waals surface area contributed by atoms with E-state index in [1.807, 2.05) is 32.0 Å². The standard InChI is InChI=1S/C19H22BrNO4/c1-4-24-16(23)10-19(8-9-19)11-21-12(2)18(25-13(3)22)17-14(20)6-5-7-15(17)21/h5-7H,4,8-11H2,1-3H3. The zero-order chi connectivity index (χ0) is 18.2. The monoisotopic (exact) mass is 407 g/mol. The highest BCUT2D eigenvalue weighted by molar-refractivity contribution is 9.10. The van der Waals surface area contributed by atoms with Crippen molar-refractivity contribution in [1.29, 1.82) is 0 Å². The number of halogens is 1. The molecule has 0 amide bonds. The second-order valence-electron chi connectivity index (χ2n) is 6.71. The van der Waals surface area contributed by atoms with Crippen LogP contribution in [0, 0.1) is 12.3 Å². The number of hydrogen-bond donors (Lipinski definition) is 0. The van der Waals surface area contributed by atoms with Gasteiger partial charge in [0.15, 0.2) is 5.75 Å². The van der Waals surface area contributed by atoms with Gasteiger partial charge in [-0.3, -0.25) is 9.59 Å². The maximum absolute atomic E-state index is 11.9. The molecule has 6 heteroatoms. The predicted octanol–water partition coefficient (Wildman–Crippen LogP) is 4.37. The summed E-state index contributed by atoms with van der Waals surface area (Å²) >= 11 is 3.56. The van der Waals surface area contributed by atoms with E-state index in [-0.39, 0.29) is 17.4 Å². The minimum Gasteiger partial charge on any atom is -0.466 e. The van der Waals surface area contributed by atoms with E-state index >= 15 is 0 Å². The molecule has 25 heavy (non-hydrogen) atoms. The van der Waals surface area contributed by atoms with Crippen LogP contribution >= 0.6 is 15.9 Å². The van der Waals surface area contributed by atoms with Gasteiger partial charge in [-0.25, -0.2) is 0 Å². The van der Waals surface area contributed by atoms with Crippen molar-refractivity contribution < 1.29 is 19.1 Å². The number of rotatable bonds is 6. The van der Waals surface area contributed by atoms with E-state index in [4.69, 9.17) is 9.47 Å². The molecule has 0 N–H and O–H groups in total. The largest absolute Gasteiger partial charge is 0.466 e. The molecule has 1 aliphatic rings. The number of carbonyl (C=O) groups excluding carboxylic acids is 2. The third-order valence-corrected chi connectivity index (χ3v) is 5.42. The third kappa shape index (κ3) is 3.59. The summed E-state index contributed by atoms with van der Waals surface area (Å²) in [5.74, 6) is 0.1000. The molecule has 1 saturated carbocycles. The van der Waals surface area contributed by atoms with Gasteiger partial charge in [-0.2, -0.15) is 0 Å². The predicted molar refractivity (Wildman–Crippen MR) is 98.6 cm³/mol. The van der Waals surface area contributed by atoms with Gasteiger partial charge in [-0.15, -0.1) is 0 Å². The summed E-state index contributed by atoms with van der Waals surface area (Å²) in [6.45, 7) is 6.30. The van der Waals surface area contributed by atoms with Crippen molar-refractivity contribution in [2.45, 2.75) is 46.6 Å². The van der Waals surface area contributed by atoms with Crippen molar-refractivity contribution in [3.63, 3.8) is 0 Å². The fraction of sp³-hybridized carbons (Fsp3) is 0.474. The van der Waals surface area contributed by atoms with E-state index in [2.05, 4.69) is 20.5 Å². The number of carbonyl (C=O) groups is 2. The molecule has 134 valence electrons. The molecule has 1 heterocycles. The molecule has 3 rings (SSSR count). The van der Waals surface area contributed by atoms with Crippen molar-refractivity contribution in [2.24, 2.45) is 5.41 Å². The van der Waals surface area contributed by atoms with Gasteiger partial charge in [0.05, 0.1) is 29.6 Å². The first-order chi connectivity index (χ1) is 11.9. The molecule has 1 aromatic heterocycles. The fourth-order valence-corrected chi connectivity index (χ4v) is 3.88. The van der Waals surface area contributed by atoms with Gasteiger partial charge in [0, 0.05) is 17.9 Å². The van der Waals surface area contributed by atoms with Crippen molar-refractivity contribution in [3.8, 4) is 5.75 Å². The maximum atomic E-state index is 11.9. The van der Waals surface area contributed by atoms with Gasteiger partial charge in [-0.05, 0) is 60.2 Å². The lowest BCUT2D eigenvalue weighted by Gasteiger charge is -2.17. The Bertz CT molecular complexity index is 836. The van der Waals surface area contributed by atoms with Crippen molar-refractivity contribution in [2.75, 3.05) is 6.61 Å². The van der Waals surface area contributed by atoms with Crippen LogP contribution in [0.15, 0.2) is 22.7 Å². The van der Waals surface area contributed by atoms with Gasteiger partial charge in [-0.1, -0.05) is 6.07 Å². The zero-order valence-corrected chi connectivity index (χ0v) is 16.3. The fourth-order valence-electron chi connectivity index (χ4n) is 3.34. The quantitative estimate of drug-likeness (QED) is 0.666. The topological polar surface area (TPSA) is 57.5 Å². The second kappa shape index (κ2) is 6.83. The van der Waals surface area contributed by atoms with E-state index in [9.17, 15) is 9.59 Å². The van der Waals surface area contributed by atoms with Crippen molar-refractivity contribution in [3.05, 3.63) is 28.4 Å². The zero-order valence-electron chi connectivity index (χ0n) is 14.7. The Hall–Kier alpha value is -1.82. The Labute approximate surface area is 155 Å². The summed E-state index contributed by atoms with van der Waals surface area (Å²) in [6, 6.07) is 5.91. The normalized spacial score (nSPS) is 15.2. The molecule has 5 nitrogen and oxygen atoms in total. The van der Waals surface area contributed by atoms with Crippen LogP contribution in [0.4, 0.5) is 0 Å².